The van der Waals surface area contributed by atoms with Crippen molar-refractivity contribution in [1.29, 1.82) is 0 Å². The molecule has 0 unspecified atom stereocenters. The minimum Gasteiger partial charge on any atom is -0.408 e. The molecule has 1 aliphatic carbocycles. The number of para-hydroxylation sites is 2. The molecule has 2 heterocycles. The number of hydrogen-bond acceptors (Lipinski definition) is 5. The van der Waals surface area contributed by atoms with Gasteiger partial charge in [-0.2, -0.15) is 0 Å². The van der Waals surface area contributed by atoms with Crippen molar-refractivity contribution in [2.24, 2.45) is 0 Å². The number of aryl methyl sites for hydroxylation is 3. The molecule has 7 heteroatoms. The summed E-state index contributed by atoms with van der Waals surface area (Å²) in [6, 6.07) is 13.8. The summed E-state index contributed by atoms with van der Waals surface area (Å²) in [5.74, 6) is -0.499. The number of nitrogens with zero attached hydrogens (tertiary/aromatic N) is 2. The van der Waals surface area contributed by atoms with Gasteiger partial charge < -0.3 is 9.73 Å². The second kappa shape index (κ2) is 7.91. The zero-order valence-corrected chi connectivity index (χ0v) is 17.2. The summed E-state index contributed by atoms with van der Waals surface area (Å²) in [4.78, 5) is 28.9. The second-order valence-electron chi connectivity index (χ2n) is 7.51. The van der Waals surface area contributed by atoms with Gasteiger partial charge in [0.05, 0.1) is 11.2 Å². The molecule has 4 aromatic rings. The maximum absolute atomic E-state index is 12.3. The van der Waals surface area contributed by atoms with Crippen molar-refractivity contribution in [2.45, 2.75) is 38.6 Å². The number of benzene rings is 2. The number of carbonyl (C=O) groups is 1. The molecule has 30 heavy (non-hydrogen) atoms. The van der Waals surface area contributed by atoms with E-state index in [9.17, 15) is 9.59 Å². The summed E-state index contributed by atoms with van der Waals surface area (Å²) in [7, 11) is 0. The van der Waals surface area contributed by atoms with Crippen molar-refractivity contribution in [3.8, 4) is 11.3 Å². The molecule has 5 rings (SSSR count). The van der Waals surface area contributed by atoms with Crippen molar-refractivity contribution < 1.29 is 9.21 Å². The van der Waals surface area contributed by atoms with Crippen LogP contribution >= 0.6 is 11.3 Å². The summed E-state index contributed by atoms with van der Waals surface area (Å²) in [6.45, 7) is 0.432. The first-order valence-electron chi connectivity index (χ1n) is 10.1. The molecule has 152 valence electrons. The molecule has 0 fully saturated rings. The maximum Gasteiger partial charge on any atom is 0.419 e. The standard InChI is InChI=1S/C23H21N3O3S/c27-21(9-4-12-26-19-7-1-2-8-20(19)29-23(26)28)25-22-24-18(14-30-22)17-11-10-15-5-3-6-16(15)13-17/h1-2,7-8,10-11,13-14H,3-6,9,12H2,(H,24,25,27). The lowest BCUT2D eigenvalue weighted by molar-refractivity contribution is -0.116. The molecule has 0 radical (unpaired) electrons. The molecular formula is C23H21N3O3S. The molecule has 2 aromatic carbocycles. The van der Waals surface area contributed by atoms with Crippen LogP contribution in [-0.4, -0.2) is 15.5 Å². The van der Waals surface area contributed by atoms with Gasteiger partial charge in [0.15, 0.2) is 10.7 Å². The van der Waals surface area contributed by atoms with Crippen LogP contribution in [0.4, 0.5) is 5.13 Å². The van der Waals surface area contributed by atoms with Crippen LogP contribution in [-0.2, 0) is 24.2 Å². The lowest BCUT2D eigenvalue weighted by atomic mass is 10.1. The molecule has 0 saturated heterocycles. The van der Waals surface area contributed by atoms with E-state index < -0.39 is 5.76 Å². The third-order valence-electron chi connectivity index (χ3n) is 5.50. The highest BCUT2D eigenvalue weighted by Crippen LogP contribution is 2.30. The number of anilines is 1. The first kappa shape index (κ1) is 18.8. The minimum atomic E-state index is -0.393. The van der Waals surface area contributed by atoms with Crippen molar-refractivity contribution in [3.63, 3.8) is 0 Å². The van der Waals surface area contributed by atoms with Gasteiger partial charge in [0.25, 0.3) is 0 Å². The van der Waals surface area contributed by atoms with Gasteiger partial charge >= 0.3 is 5.76 Å². The van der Waals surface area contributed by atoms with E-state index in [1.807, 2.05) is 23.6 Å². The van der Waals surface area contributed by atoms with Crippen LogP contribution < -0.4 is 11.1 Å². The summed E-state index contributed by atoms with van der Waals surface area (Å²) in [5.41, 5.74) is 6.15. The zero-order chi connectivity index (χ0) is 20.5. The monoisotopic (exact) mass is 419 g/mol. The Morgan fingerprint density at radius 3 is 2.97 bits per heavy atom. The van der Waals surface area contributed by atoms with E-state index in [1.165, 1.54) is 28.9 Å². The average Bonchev–Trinajstić information content (AvgIpc) is 3.46. The quantitative estimate of drug-likeness (QED) is 0.494. The number of hydrogen-bond donors (Lipinski definition) is 1. The minimum absolute atomic E-state index is 0.106. The molecule has 0 aliphatic heterocycles. The number of nitrogens with one attached hydrogen (secondary N) is 1. The molecule has 2 aromatic heterocycles. The summed E-state index contributed by atoms with van der Waals surface area (Å²) in [5, 5.41) is 5.45. The van der Waals surface area contributed by atoms with Gasteiger partial charge in [0.2, 0.25) is 5.91 Å². The molecule has 0 bridgehead atoms. The van der Waals surface area contributed by atoms with Gasteiger partial charge in [0.1, 0.15) is 0 Å². The first-order chi connectivity index (χ1) is 14.7. The number of fused-ring (bicyclic) bond motifs is 2. The Balaban J connectivity index is 1.19. The van der Waals surface area contributed by atoms with E-state index >= 15 is 0 Å². The number of thiazole rings is 1. The fraction of sp³-hybridized carbons (Fsp3) is 0.261. The molecule has 0 atom stereocenters. The van der Waals surface area contributed by atoms with Crippen molar-refractivity contribution in [3.05, 3.63) is 69.5 Å². The Labute approximate surface area is 177 Å². The largest absolute Gasteiger partial charge is 0.419 e. The second-order valence-corrected chi connectivity index (χ2v) is 8.37. The Hall–Kier alpha value is -3.19. The van der Waals surface area contributed by atoms with Crippen LogP contribution in [0.25, 0.3) is 22.4 Å². The van der Waals surface area contributed by atoms with Crippen LogP contribution in [0, 0.1) is 0 Å². The fourth-order valence-corrected chi connectivity index (χ4v) is 4.74. The number of carbonyl (C=O) groups excluding carboxylic acids is 1. The van der Waals surface area contributed by atoms with Gasteiger partial charge in [0, 0.05) is 23.9 Å². The van der Waals surface area contributed by atoms with E-state index in [2.05, 4.69) is 28.5 Å². The van der Waals surface area contributed by atoms with E-state index in [0.29, 0.717) is 30.1 Å². The average molecular weight is 420 g/mol. The highest BCUT2D eigenvalue weighted by Gasteiger charge is 2.14. The van der Waals surface area contributed by atoms with Gasteiger partial charge in [-0.05, 0) is 55.0 Å². The van der Waals surface area contributed by atoms with Crippen molar-refractivity contribution in [2.75, 3.05) is 5.32 Å². The summed E-state index contributed by atoms with van der Waals surface area (Å²) in [6.07, 6.45) is 4.36. The van der Waals surface area contributed by atoms with Gasteiger partial charge in [-0.1, -0.05) is 24.3 Å². The predicted octanol–water partition coefficient (Wildman–Crippen LogP) is 4.63. The highest BCUT2D eigenvalue weighted by atomic mass is 32.1. The third kappa shape index (κ3) is 3.68. The zero-order valence-electron chi connectivity index (χ0n) is 16.4. The normalized spacial score (nSPS) is 12.9. The topological polar surface area (TPSA) is 77.1 Å². The highest BCUT2D eigenvalue weighted by molar-refractivity contribution is 7.14. The van der Waals surface area contributed by atoms with Gasteiger partial charge in [-0.15, -0.1) is 11.3 Å². The Morgan fingerprint density at radius 2 is 2.03 bits per heavy atom. The number of oxazole rings is 1. The van der Waals surface area contributed by atoms with Crippen LogP contribution in [0.1, 0.15) is 30.4 Å². The van der Waals surface area contributed by atoms with E-state index in [0.717, 1.165) is 29.6 Å². The van der Waals surface area contributed by atoms with Crippen LogP contribution in [0.15, 0.2) is 57.1 Å². The molecule has 1 aliphatic rings. The van der Waals surface area contributed by atoms with Gasteiger partial charge in [-0.3, -0.25) is 9.36 Å². The van der Waals surface area contributed by atoms with Crippen LogP contribution in [0.3, 0.4) is 0 Å². The smallest absolute Gasteiger partial charge is 0.408 e. The lowest BCUT2D eigenvalue weighted by Gasteiger charge is -2.04. The number of amides is 1. The lowest BCUT2D eigenvalue weighted by Crippen LogP contribution is -2.17. The SMILES string of the molecule is O=C(CCCn1c(=O)oc2ccccc21)Nc1nc(-c2ccc3c(c2)CCC3)cs1. The first-order valence-corrected chi connectivity index (χ1v) is 11.0. The molecule has 1 amide bonds. The maximum atomic E-state index is 12.3. The van der Waals surface area contributed by atoms with E-state index in [4.69, 9.17) is 4.42 Å². The van der Waals surface area contributed by atoms with Crippen molar-refractivity contribution in [1.82, 2.24) is 9.55 Å². The molecular weight excluding hydrogens is 398 g/mol. The molecule has 0 spiro atoms. The Kier molecular flexibility index (Phi) is 4.96. The molecule has 6 nitrogen and oxygen atoms in total. The third-order valence-corrected chi connectivity index (χ3v) is 6.26. The fourth-order valence-electron chi connectivity index (χ4n) is 4.00. The van der Waals surface area contributed by atoms with E-state index in [1.54, 1.807) is 10.6 Å². The van der Waals surface area contributed by atoms with Gasteiger partial charge in [-0.25, -0.2) is 9.78 Å². The molecule has 0 saturated carbocycles. The van der Waals surface area contributed by atoms with E-state index in [-0.39, 0.29) is 5.91 Å². The number of rotatable bonds is 6. The summed E-state index contributed by atoms with van der Waals surface area (Å²) < 4.78 is 6.79. The van der Waals surface area contributed by atoms with Crippen LogP contribution in [0.5, 0.6) is 0 Å². The summed E-state index contributed by atoms with van der Waals surface area (Å²) >= 11 is 1.43. The molecule has 1 N–H and O–H groups in total. The number of aromatic nitrogens is 2. The Morgan fingerprint density at radius 1 is 1.17 bits per heavy atom. The Bertz CT molecular complexity index is 1280. The predicted molar refractivity (Wildman–Crippen MR) is 118 cm³/mol. The van der Waals surface area contributed by atoms with Crippen LogP contribution in [0.2, 0.25) is 0 Å². The van der Waals surface area contributed by atoms with Crippen molar-refractivity contribution >= 4 is 33.5 Å².